The third-order valence-corrected chi connectivity index (χ3v) is 5.89. The van der Waals surface area contributed by atoms with Crippen molar-refractivity contribution >= 4 is 23.2 Å². The molecule has 0 bridgehead atoms. The molecule has 3 aromatic rings. The van der Waals surface area contributed by atoms with Gasteiger partial charge in [-0.25, -0.2) is 0 Å². The molecule has 3 rings (SSSR count). The second-order valence-electron chi connectivity index (χ2n) is 8.79. The van der Waals surface area contributed by atoms with Gasteiger partial charge in [-0.1, -0.05) is 53.7 Å². The van der Waals surface area contributed by atoms with E-state index in [0.29, 0.717) is 22.8 Å². The van der Waals surface area contributed by atoms with Gasteiger partial charge in [-0.3, -0.25) is 9.59 Å². The van der Waals surface area contributed by atoms with Crippen molar-refractivity contribution in [2.45, 2.75) is 39.2 Å². The Balaban J connectivity index is 1.67. The number of ketones is 1. The molecule has 38 heavy (non-hydrogen) atoms. The number of aryl methyl sites for hydroxylation is 1. The van der Waals surface area contributed by atoms with Gasteiger partial charge in [0, 0.05) is 17.7 Å². The highest BCUT2D eigenvalue weighted by Gasteiger charge is 2.23. The van der Waals surface area contributed by atoms with Crippen molar-refractivity contribution in [3.63, 3.8) is 0 Å². The van der Waals surface area contributed by atoms with Crippen molar-refractivity contribution in [3.05, 3.63) is 95.1 Å². The van der Waals surface area contributed by atoms with E-state index in [9.17, 15) is 9.59 Å². The maximum atomic E-state index is 12.3. The van der Waals surface area contributed by atoms with Gasteiger partial charge in [0.2, 0.25) is 0 Å². The van der Waals surface area contributed by atoms with E-state index >= 15 is 0 Å². The molecule has 0 aliphatic heterocycles. The zero-order valence-corrected chi connectivity index (χ0v) is 21.8. The van der Waals surface area contributed by atoms with Crippen molar-refractivity contribution < 1.29 is 29.0 Å². The number of oxime groups is 1. The third-order valence-electron chi connectivity index (χ3n) is 5.89. The number of nitrogens with one attached hydrogen (secondary N) is 1. The van der Waals surface area contributed by atoms with Crippen LogP contribution in [0.1, 0.15) is 48.4 Å². The molecule has 2 N–H and O–H groups in total. The average molecular weight is 517 g/mol. The van der Waals surface area contributed by atoms with Crippen molar-refractivity contribution in [1.29, 1.82) is 5.41 Å². The van der Waals surface area contributed by atoms with Crippen molar-refractivity contribution in [2.24, 2.45) is 5.16 Å². The lowest BCUT2D eigenvalue weighted by Gasteiger charge is -2.19. The van der Waals surface area contributed by atoms with E-state index in [0.717, 1.165) is 16.7 Å². The SMILES string of the molecule is CON=C(COc1ccc(COc2ccc(CCC(=O)O)c(C(C(C)=N)C(C)=O)c2)cc1)c1ccccc1. The highest BCUT2D eigenvalue weighted by molar-refractivity contribution is 6.07. The molecular formula is C30H32N2O6. The molecule has 0 amide bonds. The minimum absolute atomic E-state index is 0.0620. The van der Waals surface area contributed by atoms with Crippen LogP contribution >= 0.6 is 0 Å². The van der Waals surface area contributed by atoms with Crippen LogP contribution in [0.3, 0.4) is 0 Å². The highest BCUT2D eigenvalue weighted by Crippen LogP contribution is 2.29. The lowest BCUT2D eigenvalue weighted by atomic mass is 9.86. The van der Waals surface area contributed by atoms with Crippen LogP contribution in [0.4, 0.5) is 0 Å². The number of hydrogen-bond donors (Lipinski definition) is 2. The number of carboxylic acids is 1. The van der Waals surface area contributed by atoms with Crippen LogP contribution in [0.5, 0.6) is 11.5 Å². The molecule has 198 valence electrons. The van der Waals surface area contributed by atoms with Crippen molar-refractivity contribution in [2.75, 3.05) is 13.7 Å². The fourth-order valence-corrected chi connectivity index (χ4v) is 4.06. The number of aliphatic carboxylic acids is 1. The molecule has 8 heteroatoms. The summed E-state index contributed by atoms with van der Waals surface area (Å²) in [6, 6.07) is 22.4. The maximum Gasteiger partial charge on any atom is 0.303 e. The second kappa shape index (κ2) is 13.7. The molecule has 1 unspecified atom stereocenters. The van der Waals surface area contributed by atoms with Gasteiger partial charge in [-0.15, -0.1) is 0 Å². The predicted octanol–water partition coefficient (Wildman–Crippen LogP) is 5.42. The fraction of sp³-hybridized carbons (Fsp3) is 0.267. The van der Waals surface area contributed by atoms with Crippen molar-refractivity contribution in [3.8, 4) is 11.5 Å². The van der Waals surface area contributed by atoms with E-state index in [1.54, 1.807) is 25.1 Å². The molecule has 8 nitrogen and oxygen atoms in total. The number of ether oxygens (including phenoxy) is 2. The summed E-state index contributed by atoms with van der Waals surface area (Å²) < 4.78 is 11.9. The molecule has 0 heterocycles. The number of carbonyl (C=O) groups is 2. The number of carboxylic acid groups (broad SMARTS) is 1. The van der Waals surface area contributed by atoms with Gasteiger partial charge in [0.15, 0.2) is 0 Å². The van der Waals surface area contributed by atoms with Crippen LogP contribution < -0.4 is 9.47 Å². The Kier molecular flexibility index (Phi) is 10.2. The van der Waals surface area contributed by atoms with Crippen LogP contribution in [0, 0.1) is 5.41 Å². The number of rotatable bonds is 14. The van der Waals surface area contributed by atoms with E-state index in [4.69, 9.17) is 24.8 Å². The Morgan fingerprint density at radius 3 is 2.24 bits per heavy atom. The molecular weight excluding hydrogens is 484 g/mol. The number of carbonyl (C=O) groups excluding carboxylic acids is 1. The summed E-state index contributed by atoms with van der Waals surface area (Å²) in [6.07, 6.45) is 0.206. The minimum atomic E-state index is -0.920. The minimum Gasteiger partial charge on any atom is -0.489 e. The Morgan fingerprint density at radius 1 is 0.947 bits per heavy atom. The summed E-state index contributed by atoms with van der Waals surface area (Å²) in [7, 11) is 1.50. The lowest BCUT2D eigenvalue weighted by Crippen LogP contribution is -2.19. The quantitative estimate of drug-likeness (QED) is 0.218. The van der Waals surface area contributed by atoms with Crippen LogP contribution in [-0.4, -0.2) is 42.0 Å². The Bertz CT molecular complexity index is 1270. The van der Waals surface area contributed by atoms with Crippen LogP contribution in [0.25, 0.3) is 0 Å². The predicted molar refractivity (Wildman–Crippen MR) is 145 cm³/mol. The van der Waals surface area contributed by atoms with E-state index < -0.39 is 11.9 Å². The highest BCUT2D eigenvalue weighted by atomic mass is 16.6. The first kappa shape index (κ1) is 28.1. The molecule has 0 fully saturated rings. The van der Waals surface area contributed by atoms with E-state index in [1.165, 1.54) is 14.0 Å². The molecule has 0 aliphatic rings. The second-order valence-corrected chi connectivity index (χ2v) is 8.79. The zero-order valence-electron chi connectivity index (χ0n) is 21.8. The monoisotopic (exact) mass is 516 g/mol. The summed E-state index contributed by atoms with van der Waals surface area (Å²) in [5.74, 6) is -0.620. The lowest BCUT2D eigenvalue weighted by molar-refractivity contribution is -0.137. The molecule has 0 saturated carbocycles. The molecule has 1 atom stereocenters. The molecule has 0 saturated heterocycles. The largest absolute Gasteiger partial charge is 0.489 e. The first-order valence-electron chi connectivity index (χ1n) is 12.2. The third kappa shape index (κ3) is 8.03. The molecule has 0 aliphatic carbocycles. The van der Waals surface area contributed by atoms with Gasteiger partial charge in [-0.2, -0.15) is 0 Å². The van der Waals surface area contributed by atoms with Gasteiger partial charge in [-0.05, 0) is 61.2 Å². The summed E-state index contributed by atoms with van der Waals surface area (Å²) in [6.45, 7) is 3.54. The maximum absolute atomic E-state index is 12.3. The number of Topliss-reactive ketones (excluding diaryl/α,β-unsaturated/α-hetero) is 1. The normalized spacial score (nSPS) is 11.9. The van der Waals surface area contributed by atoms with Crippen LogP contribution in [0.15, 0.2) is 78.0 Å². The standard InChI is InChI=1S/C30H32N2O6/c1-20(31)30(21(2)33)27-17-26(15-11-23(27)12-16-29(34)35)37-18-22-9-13-25(14-10-22)38-19-28(32-36-3)24-7-5-4-6-8-24/h4-11,13-15,17,30-31H,12,16,18-19H2,1-3H3,(H,34,35). The number of hydrogen-bond acceptors (Lipinski definition) is 7. The topological polar surface area (TPSA) is 118 Å². The van der Waals surface area contributed by atoms with Gasteiger partial charge in [0.05, 0.1) is 5.92 Å². The summed E-state index contributed by atoms with van der Waals surface area (Å²) in [5, 5.41) is 21.2. The summed E-state index contributed by atoms with van der Waals surface area (Å²) >= 11 is 0. The molecule has 3 aromatic carbocycles. The Morgan fingerprint density at radius 2 is 1.63 bits per heavy atom. The first-order chi connectivity index (χ1) is 18.3. The number of benzene rings is 3. The zero-order chi connectivity index (χ0) is 27.5. The number of nitrogens with zero attached hydrogens (tertiary/aromatic N) is 1. The smallest absolute Gasteiger partial charge is 0.303 e. The van der Waals surface area contributed by atoms with E-state index in [-0.39, 0.29) is 37.6 Å². The van der Waals surface area contributed by atoms with Gasteiger partial charge in [0.1, 0.15) is 43.3 Å². The van der Waals surface area contributed by atoms with Gasteiger partial charge < -0.3 is 24.8 Å². The van der Waals surface area contributed by atoms with Gasteiger partial charge >= 0.3 is 5.97 Å². The summed E-state index contributed by atoms with van der Waals surface area (Å²) in [4.78, 5) is 28.3. The van der Waals surface area contributed by atoms with E-state index in [2.05, 4.69) is 5.16 Å². The Hall–Kier alpha value is -4.46. The molecule has 0 spiro atoms. The van der Waals surface area contributed by atoms with E-state index in [1.807, 2.05) is 54.6 Å². The average Bonchev–Trinajstić information content (AvgIpc) is 2.90. The molecule has 0 aromatic heterocycles. The summed E-state index contributed by atoms with van der Waals surface area (Å²) in [5.41, 5.74) is 4.03. The molecule has 0 radical (unpaired) electrons. The first-order valence-corrected chi connectivity index (χ1v) is 12.2. The van der Waals surface area contributed by atoms with Crippen LogP contribution in [0.2, 0.25) is 0 Å². The van der Waals surface area contributed by atoms with Crippen LogP contribution in [-0.2, 0) is 27.5 Å². The van der Waals surface area contributed by atoms with Crippen molar-refractivity contribution in [1.82, 2.24) is 0 Å². The fourth-order valence-electron chi connectivity index (χ4n) is 4.06. The Labute approximate surface area is 222 Å². The van der Waals surface area contributed by atoms with Gasteiger partial charge in [0.25, 0.3) is 0 Å².